The van der Waals surface area contributed by atoms with Crippen LogP contribution in [0.1, 0.15) is 22.3 Å². The maximum atomic E-state index is 12.5. The van der Waals surface area contributed by atoms with Crippen molar-refractivity contribution in [2.75, 3.05) is 13.6 Å². The summed E-state index contributed by atoms with van der Waals surface area (Å²) in [5, 5.41) is 15.6. The number of hydrazone groups is 4. The van der Waals surface area contributed by atoms with Gasteiger partial charge in [0.1, 0.15) is 13.6 Å². The summed E-state index contributed by atoms with van der Waals surface area (Å²) < 4.78 is 21.0. The third-order valence-corrected chi connectivity index (χ3v) is 6.00. The van der Waals surface area contributed by atoms with Gasteiger partial charge in [0, 0.05) is 0 Å². The molecule has 216 valence electrons. The Morgan fingerprint density at radius 3 is 0.857 bits per heavy atom. The number of hydrogen-bond acceptors (Lipinski definition) is 12. The lowest BCUT2D eigenvalue weighted by Gasteiger charge is -2.13. The summed E-state index contributed by atoms with van der Waals surface area (Å²) in [4.78, 5) is 50.2. The lowest BCUT2D eigenvalue weighted by Crippen LogP contribution is -2.45. The molecule has 0 spiro atoms. The van der Waals surface area contributed by atoms with E-state index >= 15 is 0 Å². The minimum absolute atomic E-state index is 0.252. The molecule has 2 fully saturated rings. The molecule has 0 saturated carbocycles. The van der Waals surface area contributed by atoms with Crippen molar-refractivity contribution in [3.05, 3.63) is 70.8 Å². The van der Waals surface area contributed by atoms with Crippen molar-refractivity contribution in [2.24, 2.45) is 20.4 Å². The first-order valence-corrected chi connectivity index (χ1v) is 12.5. The summed E-state index contributed by atoms with van der Waals surface area (Å²) in [6.07, 6.45) is 0.653. The summed E-state index contributed by atoms with van der Waals surface area (Å²) in [7, 11) is 0. The monoisotopic (exact) mass is 576 g/mol. The first kappa shape index (κ1) is 28.4. The van der Waals surface area contributed by atoms with Gasteiger partial charge in [-0.3, -0.25) is 19.2 Å². The molecule has 16 nitrogen and oxygen atoms in total. The number of ether oxygens (including phenoxy) is 4. The smallest absolute Gasteiger partial charge is 0.272 e. The normalized spacial score (nSPS) is 26.7. The fourth-order valence-electron chi connectivity index (χ4n) is 3.85. The summed E-state index contributed by atoms with van der Waals surface area (Å²) in [5.74, 6) is -2.69. The second-order valence-electron chi connectivity index (χ2n) is 8.86. The zero-order valence-corrected chi connectivity index (χ0v) is 21.7. The van der Waals surface area contributed by atoms with Crippen molar-refractivity contribution >= 4 is 48.5 Å². The van der Waals surface area contributed by atoms with E-state index in [2.05, 4.69) is 42.1 Å². The van der Waals surface area contributed by atoms with Gasteiger partial charge in [0.25, 0.3) is 23.6 Å². The van der Waals surface area contributed by atoms with Crippen molar-refractivity contribution in [2.45, 2.75) is 24.4 Å². The van der Waals surface area contributed by atoms with Crippen LogP contribution in [-0.2, 0) is 38.1 Å². The van der Waals surface area contributed by atoms with E-state index in [9.17, 15) is 19.2 Å². The Kier molecular flexibility index (Phi) is 9.10. The van der Waals surface area contributed by atoms with E-state index in [4.69, 9.17) is 18.9 Å². The van der Waals surface area contributed by atoms with E-state index in [1.165, 1.54) is 24.9 Å². The highest BCUT2D eigenvalue weighted by atomic mass is 16.7. The molecule has 0 radical (unpaired) electrons. The van der Waals surface area contributed by atoms with Crippen molar-refractivity contribution in [1.82, 2.24) is 21.7 Å². The molecular weight excluding hydrogens is 552 g/mol. The quantitative estimate of drug-likeness (QED) is 0.296. The Bertz CT molecular complexity index is 1230. The number of carbonyl (C=O) groups excluding carboxylic acids is 4. The zero-order valence-electron chi connectivity index (χ0n) is 21.7. The van der Waals surface area contributed by atoms with Gasteiger partial charge < -0.3 is 18.9 Å². The average Bonchev–Trinajstić information content (AvgIpc) is 3.69. The van der Waals surface area contributed by atoms with Gasteiger partial charge in [-0.15, -0.1) is 0 Å². The van der Waals surface area contributed by atoms with Gasteiger partial charge in [0.05, 0.1) is 24.9 Å². The SMILES string of the molecule is O=C1NN=Cc2ccc(cc2)/C=N\NC(=O)[C@@H]2OCO[C@H]2C(=O)NN=Cc2ccc(cc2)/C=N\NC(=O)[C@@H]2OCO[C@@H]12. The molecule has 2 saturated heterocycles. The number of amides is 4. The first-order chi connectivity index (χ1) is 20.5. The molecule has 0 aromatic heterocycles. The van der Waals surface area contributed by atoms with Gasteiger partial charge in [-0.2, -0.15) is 20.4 Å². The van der Waals surface area contributed by atoms with Crippen LogP contribution in [0.4, 0.5) is 0 Å². The molecule has 4 amide bonds. The molecule has 0 unspecified atom stereocenters. The number of hydrogen-bond donors (Lipinski definition) is 4. The minimum atomic E-state index is -1.23. The van der Waals surface area contributed by atoms with Gasteiger partial charge in [0.2, 0.25) is 0 Å². The van der Waals surface area contributed by atoms with E-state index in [-0.39, 0.29) is 13.6 Å². The zero-order chi connectivity index (χ0) is 29.3. The maximum Gasteiger partial charge on any atom is 0.272 e. The van der Waals surface area contributed by atoms with E-state index in [1.807, 2.05) is 0 Å². The van der Waals surface area contributed by atoms with E-state index in [0.29, 0.717) is 22.3 Å². The molecular formula is C26H24N8O8. The van der Waals surface area contributed by atoms with E-state index < -0.39 is 48.0 Å². The molecule has 0 aliphatic carbocycles. The molecule has 6 heterocycles. The fourth-order valence-corrected chi connectivity index (χ4v) is 3.85. The fraction of sp³-hybridized carbons (Fsp3) is 0.231. The van der Waals surface area contributed by atoms with Gasteiger partial charge in [0.15, 0.2) is 24.4 Å². The van der Waals surface area contributed by atoms with E-state index in [0.717, 1.165) is 0 Å². The van der Waals surface area contributed by atoms with Crippen LogP contribution in [0.5, 0.6) is 0 Å². The highest BCUT2D eigenvalue weighted by Gasteiger charge is 2.41. The molecule has 6 aliphatic heterocycles. The second kappa shape index (κ2) is 13.5. The number of rotatable bonds is 0. The first-order valence-electron chi connectivity index (χ1n) is 12.5. The summed E-state index contributed by atoms with van der Waals surface area (Å²) in [6.45, 7) is -0.504. The van der Waals surface area contributed by atoms with Crippen LogP contribution in [0.3, 0.4) is 0 Å². The van der Waals surface area contributed by atoms with Crippen molar-refractivity contribution in [1.29, 1.82) is 0 Å². The molecule has 4 atom stereocenters. The summed E-state index contributed by atoms with van der Waals surface area (Å²) in [6, 6.07) is 13.5. The Balaban J connectivity index is 1.32. The summed E-state index contributed by atoms with van der Waals surface area (Å²) in [5.41, 5.74) is 11.9. The lowest BCUT2D eigenvalue weighted by molar-refractivity contribution is -0.137. The van der Waals surface area contributed by atoms with Crippen LogP contribution in [0.15, 0.2) is 68.9 Å². The largest absolute Gasteiger partial charge is 0.339 e. The highest BCUT2D eigenvalue weighted by molar-refractivity contribution is 5.94. The molecule has 16 heteroatoms. The molecule has 2 aromatic rings. The van der Waals surface area contributed by atoms with Crippen molar-refractivity contribution < 1.29 is 38.1 Å². The van der Waals surface area contributed by atoms with Crippen LogP contribution in [-0.4, -0.2) is 86.5 Å². The Hall–Kier alpha value is -5.16. The van der Waals surface area contributed by atoms with Crippen LogP contribution in [0.2, 0.25) is 0 Å². The van der Waals surface area contributed by atoms with Gasteiger partial charge in [-0.25, -0.2) is 21.7 Å². The summed E-state index contributed by atoms with van der Waals surface area (Å²) >= 11 is 0. The number of nitrogens with one attached hydrogen (secondary N) is 4. The number of nitrogens with zero attached hydrogens (tertiary/aromatic N) is 4. The molecule has 2 aromatic carbocycles. The average molecular weight is 577 g/mol. The van der Waals surface area contributed by atoms with E-state index in [1.54, 1.807) is 48.5 Å². The standard InChI is InChI=1S/C26H24N8O8/c35-23-19-20(40-13-39-19)25(37)33-29-11-17-5-7-18(8-6-17)12-30-34-26(38)22-21(41-14-42-22)24(36)32-28-10-16-2-1-15(3-4-16)9-27-31-23/h1-12,19-22H,13-14H2,(H,31,35)(H,32,36)(H,33,37)(H,34,38)/b27-9-,28-10?,29-11?,30-12-/t19-,20-,21-,22-/m1/s1. The maximum absolute atomic E-state index is 12.5. The Morgan fingerprint density at radius 1 is 0.429 bits per heavy atom. The van der Waals surface area contributed by atoms with Gasteiger partial charge in [-0.05, 0) is 22.3 Å². The van der Waals surface area contributed by atoms with Crippen molar-refractivity contribution in [3.63, 3.8) is 0 Å². The third-order valence-electron chi connectivity index (χ3n) is 6.00. The third kappa shape index (κ3) is 7.12. The lowest BCUT2D eigenvalue weighted by atomic mass is 10.1. The van der Waals surface area contributed by atoms with Crippen LogP contribution >= 0.6 is 0 Å². The van der Waals surface area contributed by atoms with Crippen LogP contribution < -0.4 is 21.7 Å². The predicted octanol–water partition coefficient (Wildman–Crippen LogP) is -1.32. The molecule has 6 aliphatic rings. The Morgan fingerprint density at radius 2 is 0.643 bits per heavy atom. The molecule has 42 heavy (non-hydrogen) atoms. The van der Waals surface area contributed by atoms with Gasteiger partial charge in [-0.1, -0.05) is 48.5 Å². The molecule has 4 bridgehead atoms. The molecule has 8 rings (SSSR count). The van der Waals surface area contributed by atoms with Gasteiger partial charge >= 0.3 is 0 Å². The van der Waals surface area contributed by atoms with Crippen molar-refractivity contribution in [3.8, 4) is 0 Å². The topological polar surface area (TPSA) is 203 Å². The number of carbonyl (C=O) groups is 4. The van der Waals surface area contributed by atoms with Crippen LogP contribution in [0, 0.1) is 0 Å². The Labute approximate surface area is 237 Å². The minimum Gasteiger partial charge on any atom is -0.339 e. The predicted molar refractivity (Wildman–Crippen MR) is 145 cm³/mol. The molecule has 4 N–H and O–H groups in total. The number of benzene rings is 2. The highest BCUT2D eigenvalue weighted by Crippen LogP contribution is 2.15. The van der Waals surface area contributed by atoms with Crippen LogP contribution in [0.25, 0.3) is 0 Å². The second-order valence-corrected chi connectivity index (χ2v) is 8.86.